The van der Waals surface area contributed by atoms with Crippen LogP contribution in [0.1, 0.15) is 47.0 Å². The molecule has 1 rings (SSSR count). The Balaban J connectivity index is 2.27. The summed E-state index contributed by atoms with van der Waals surface area (Å²) < 4.78 is 5.69. The molecule has 1 aliphatic carbocycles. The second-order valence-corrected chi connectivity index (χ2v) is 5.80. The minimum absolute atomic E-state index is 0.0556. The summed E-state index contributed by atoms with van der Waals surface area (Å²) >= 11 is 0. The molecule has 1 fully saturated rings. The van der Waals surface area contributed by atoms with Gasteiger partial charge in [0.2, 0.25) is 0 Å². The number of hydrogen-bond acceptors (Lipinski definition) is 2. The fourth-order valence-corrected chi connectivity index (χ4v) is 1.78. The molecule has 84 valence electrons. The second-order valence-electron chi connectivity index (χ2n) is 5.80. The first-order valence-electron chi connectivity index (χ1n) is 5.62. The summed E-state index contributed by atoms with van der Waals surface area (Å²) in [5.41, 5.74) is 0.0468. The van der Waals surface area contributed by atoms with Crippen LogP contribution < -0.4 is 0 Å². The Hall–Kier alpha value is -0.0800. The largest absolute Gasteiger partial charge is 0.396 e. The van der Waals surface area contributed by atoms with Crippen LogP contribution >= 0.6 is 0 Å². The summed E-state index contributed by atoms with van der Waals surface area (Å²) in [6.07, 6.45) is 3.55. The van der Waals surface area contributed by atoms with Crippen molar-refractivity contribution in [2.45, 2.75) is 52.6 Å². The van der Waals surface area contributed by atoms with E-state index in [9.17, 15) is 5.11 Å². The zero-order chi connectivity index (χ0) is 10.8. The van der Waals surface area contributed by atoms with Gasteiger partial charge in [0.15, 0.2) is 0 Å². The number of rotatable bonds is 5. The van der Waals surface area contributed by atoms with Crippen molar-refractivity contribution in [3.63, 3.8) is 0 Å². The molecule has 1 atom stereocenters. The van der Waals surface area contributed by atoms with E-state index < -0.39 is 0 Å². The highest BCUT2D eigenvalue weighted by Crippen LogP contribution is 2.47. The van der Waals surface area contributed by atoms with Crippen LogP contribution in [0, 0.1) is 11.3 Å². The van der Waals surface area contributed by atoms with Crippen molar-refractivity contribution < 1.29 is 9.84 Å². The molecule has 1 aliphatic rings. The van der Waals surface area contributed by atoms with E-state index in [1.165, 1.54) is 12.8 Å². The van der Waals surface area contributed by atoms with Crippen molar-refractivity contribution in [3.8, 4) is 0 Å². The third-order valence-electron chi connectivity index (χ3n) is 3.13. The first-order valence-corrected chi connectivity index (χ1v) is 5.62. The zero-order valence-electron chi connectivity index (χ0n) is 9.97. The second kappa shape index (κ2) is 4.19. The summed E-state index contributed by atoms with van der Waals surface area (Å²) in [6.45, 7) is 9.44. The monoisotopic (exact) mass is 200 g/mol. The molecule has 0 amide bonds. The smallest absolute Gasteiger partial charge is 0.0598 e. The third kappa shape index (κ3) is 3.58. The van der Waals surface area contributed by atoms with E-state index in [0.29, 0.717) is 6.61 Å². The van der Waals surface area contributed by atoms with Gasteiger partial charge in [-0.15, -0.1) is 0 Å². The first-order chi connectivity index (χ1) is 6.37. The molecule has 0 aromatic rings. The van der Waals surface area contributed by atoms with Crippen molar-refractivity contribution in [1.82, 2.24) is 0 Å². The summed E-state index contributed by atoms with van der Waals surface area (Å²) in [5, 5.41) is 9.37. The fraction of sp³-hybridized carbons (Fsp3) is 1.00. The van der Waals surface area contributed by atoms with Crippen molar-refractivity contribution in [2.24, 2.45) is 11.3 Å². The van der Waals surface area contributed by atoms with Crippen LogP contribution in [0.25, 0.3) is 0 Å². The zero-order valence-corrected chi connectivity index (χ0v) is 9.97. The molecular weight excluding hydrogens is 176 g/mol. The Morgan fingerprint density at radius 1 is 1.21 bits per heavy atom. The van der Waals surface area contributed by atoms with Gasteiger partial charge >= 0.3 is 0 Å². The van der Waals surface area contributed by atoms with E-state index in [-0.39, 0.29) is 11.0 Å². The van der Waals surface area contributed by atoms with Crippen LogP contribution in [0.4, 0.5) is 0 Å². The topological polar surface area (TPSA) is 29.5 Å². The minimum atomic E-state index is -0.0556. The Labute approximate surface area is 87.7 Å². The van der Waals surface area contributed by atoms with Gasteiger partial charge < -0.3 is 9.84 Å². The van der Waals surface area contributed by atoms with Crippen LogP contribution in [-0.2, 0) is 4.74 Å². The van der Waals surface area contributed by atoms with E-state index in [2.05, 4.69) is 27.7 Å². The summed E-state index contributed by atoms with van der Waals surface area (Å²) in [5.74, 6) is 0.732. The lowest BCUT2D eigenvalue weighted by atomic mass is 9.83. The highest BCUT2D eigenvalue weighted by molar-refractivity contribution is 4.90. The van der Waals surface area contributed by atoms with Crippen LogP contribution in [0.3, 0.4) is 0 Å². The molecule has 2 nitrogen and oxygen atoms in total. The Morgan fingerprint density at radius 3 is 2.14 bits per heavy atom. The molecule has 0 spiro atoms. The minimum Gasteiger partial charge on any atom is -0.396 e. The fourth-order valence-electron chi connectivity index (χ4n) is 1.78. The molecule has 0 aliphatic heterocycles. The average Bonchev–Trinajstić information content (AvgIpc) is 2.83. The molecular formula is C12H24O2. The van der Waals surface area contributed by atoms with Crippen molar-refractivity contribution in [2.75, 3.05) is 13.2 Å². The van der Waals surface area contributed by atoms with Gasteiger partial charge in [-0.1, -0.05) is 6.92 Å². The maximum atomic E-state index is 9.37. The standard InChI is InChI=1S/C12H24O2/c1-11(2,3)14-8-7-12(4,9-13)10-5-6-10/h10,13H,5-9H2,1-4H3. The van der Waals surface area contributed by atoms with E-state index >= 15 is 0 Å². The highest BCUT2D eigenvalue weighted by Gasteiger charge is 2.40. The number of hydrogen-bond donors (Lipinski definition) is 1. The van der Waals surface area contributed by atoms with Crippen molar-refractivity contribution in [3.05, 3.63) is 0 Å². The molecule has 0 aromatic carbocycles. The molecule has 0 aromatic heterocycles. The first kappa shape index (κ1) is 12.0. The highest BCUT2D eigenvalue weighted by atomic mass is 16.5. The van der Waals surface area contributed by atoms with Gasteiger partial charge in [-0.25, -0.2) is 0 Å². The molecule has 1 N–H and O–H groups in total. The SMILES string of the molecule is CC(C)(C)OCCC(C)(CO)C1CC1. The summed E-state index contributed by atoms with van der Waals surface area (Å²) in [7, 11) is 0. The van der Waals surface area contributed by atoms with E-state index in [0.717, 1.165) is 18.9 Å². The van der Waals surface area contributed by atoms with Gasteiger partial charge in [0.25, 0.3) is 0 Å². The van der Waals surface area contributed by atoms with E-state index in [1.807, 2.05) is 0 Å². The molecule has 0 bridgehead atoms. The Kier molecular flexibility index (Phi) is 3.59. The Morgan fingerprint density at radius 2 is 1.79 bits per heavy atom. The molecule has 0 heterocycles. The van der Waals surface area contributed by atoms with E-state index in [1.54, 1.807) is 0 Å². The normalized spacial score (nSPS) is 22.1. The predicted octanol–water partition coefficient (Wildman–Crippen LogP) is 2.60. The van der Waals surface area contributed by atoms with Crippen LogP contribution in [0.15, 0.2) is 0 Å². The van der Waals surface area contributed by atoms with Gasteiger partial charge in [-0.3, -0.25) is 0 Å². The molecule has 1 saturated carbocycles. The molecule has 0 radical (unpaired) electrons. The van der Waals surface area contributed by atoms with Crippen molar-refractivity contribution in [1.29, 1.82) is 0 Å². The lowest BCUT2D eigenvalue weighted by Crippen LogP contribution is -2.28. The van der Waals surface area contributed by atoms with Crippen molar-refractivity contribution >= 4 is 0 Å². The maximum absolute atomic E-state index is 9.37. The number of aliphatic hydroxyl groups is 1. The lowest BCUT2D eigenvalue weighted by Gasteiger charge is -2.29. The van der Waals surface area contributed by atoms with Gasteiger partial charge in [-0.05, 0) is 51.4 Å². The van der Waals surface area contributed by atoms with Crippen LogP contribution in [0.2, 0.25) is 0 Å². The van der Waals surface area contributed by atoms with E-state index in [4.69, 9.17) is 4.74 Å². The van der Waals surface area contributed by atoms with Gasteiger partial charge in [0.1, 0.15) is 0 Å². The molecule has 1 unspecified atom stereocenters. The summed E-state index contributed by atoms with van der Waals surface area (Å²) in [6, 6.07) is 0. The number of aliphatic hydroxyl groups excluding tert-OH is 1. The van der Waals surface area contributed by atoms with Gasteiger partial charge in [-0.2, -0.15) is 0 Å². The molecule has 14 heavy (non-hydrogen) atoms. The third-order valence-corrected chi connectivity index (χ3v) is 3.13. The average molecular weight is 200 g/mol. The lowest BCUT2D eigenvalue weighted by molar-refractivity contribution is -0.0276. The van der Waals surface area contributed by atoms with Crippen LogP contribution in [-0.4, -0.2) is 23.9 Å². The molecule has 0 saturated heterocycles. The number of ether oxygens (including phenoxy) is 1. The Bertz CT molecular complexity index is 179. The van der Waals surface area contributed by atoms with Gasteiger partial charge in [0, 0.05) is 13.2 Å². The maximum Gasteiger partial charge on any atom is 0.0598 e. The molecule has 2 heteroatoms. The van der Waals surface area contributed by atoms with Gasteiger partial charge in [0.05, 0.1) is 5.60 Å². The predicted molar refractivity (Wildman–Crippen MR) is 58.2 cm³/mol. The summed E-state index contributed by atoms with van der Waals surface area (Å²) in [4.78, 5) is 0. The quantitative estimate of drug-likeness (QED) is 0.739. The van der Waals surface area contributed by atoms with Crippen LogP contribution in [0.5, 0.6) is 0 Å².